The third-order valence-corrected chi connectivity index (χ3v) is 4.81. The quantitative estimate of drug-likeness (QED) is 0.420. The Morgan fingerprint density at radius 2 is 1.18 bits per heavy atom. The molecule has 0 spiro atoms. The van der Waals surface area contributed by atoms with Crippen LogP contribution < -0.4 is 0 Å². The molecule has 3 nitrogen and oxygen atoms in total. The van der Waals surface area contributed by atoms with Crippen LogP contribution in [0.5, 0.6) is 0 Å². The number of hydrogen-bond donors (Lipinski definition) is 1. The number of benzene rings is 3. The summed E-state index contributed by atoms with van der Waals surface area (Å²) in [5.74, 6) is -0.344. The zero-order valence-electron chi connectivity index (χ0n) is 14.9. The van der Waals surface area contributed by atoms with Gasteiger partial charge in [0.05, 0.1) is 11.1 Å². The fourth-order valence-corrected chi connectivity index (χ4v) is 3.51. The minimum Gasteiger partial charge on any atom is -0.275 e. The monoisotopic (exact) mass is 365 g/mol. The first kappa shape index (κ1) is 16.4. The number of aromatic amines is 1. The van der Waals surface area contributed by atoms with E-state index >= 15 is 4.39 Å². The molecule has 0 atom stereocenters. The third kappa shape index (κ3) is 2.67. The Hall–Kier alpha value is -3.79. The smallest absolute Gasteiger partial charge is 0.182 e. The molecule has 3 aromatic carbocycles. The molecular formula is C24H16FN3. The van der Waals surface area contributed by atoms with Crippen molar-refractivity contribution in [1.82, 2.24) is 15.2 Å². The molecule has 0 bridgehead atoms. The van der Waals surface area contributed by atoms with Gasteiger partial charge in [0.15, 0.2) is 11.5 Å². The topological polar surface area (TPSA) is 41.6 Å². The summed E-state index contributed by atoms with van der Waals surface area (Å²) in [5.41, 5.74) is 4.54. The highest BCUT2D eigenvalue weighted by Crippen LogP contribution is 2.39. The summed E-state index contributed by atoms with van der Waals surface area (Å²) in [5, 5.41) is 8.16. The van der Waals surface area contributed by atoms with Gasteiger partial charge in [0, 0.05) is 16.7 Å². The summed E-state index contributed by atoms with van der Waals surface area (Å²) >= 11 is 0. The van der Waals surface area contributed by atoms with E-state index in [9.17, 15) is 0 Å². The number of aromatic nitrogens is 3. The Labute approximate surface area is 161 Å². The molecule has 2 heterocycles. The van der Waals surface area contributed by atoms with Crippen LogP contribution in [0.15, 0.2) is 91.0 Å². The Bertz CT molecular complexity index is 1250. The highest BCUT2D eigenvalue weighted by molar-refractivity contribution is 6.04. The SMILES string of the molecule is Fc1c(-c2ccccc2)nc2n[nH]c(-c3ccccc3)c2c1-c1ccccc1. The van der Waals surface area contributed by atoms with Crippen molar-refractivity contribution >= 4 is 11.0 Å². The number of H-pyrrole nitrogens is 1. The predicted molar refractivity (Wildman–Crippen MR) is 110 cm³/mol. The van der Waals surface area contributed by atoms with Crippen LogP contribution in [0.3, 0.4) is 0 Å². The van der Waals surface area contributed by atoms with E-state index in [1.54, 1.807) is 0 Å². The van der Waals surface area contributed by atoms with Gasteiger partial charge in [-0.1, -0.05) is 91.0 Å². The van der Waals surface area contributed by atoms with Crippen LogP contribution in [0.25, 0.3) is 44.7 Å². The average Bonchev–Trinajstić information content (AvgIpc) is 3.19. The normalized spacial score (nSPS) is 11.0. The molecule has 4 heteroatoms. The van der Waals surface area contributed by atoms with Crippen molar-refractivity contribution < 1.29 is 4.39 Å². The zero-order valence-corrected chi connectivity index (χ0v) is 14.9. The Balaban J connectivity index is 1.88. The molecule has 5 aromatic rings. The minimum atomic E-state index is -0.344. The maximum Gasteiger partial charge on any atom is 0.182 e. The average molecular weight is 365 g/mol. The second-order valence-electron chi connectivity index (χ2n) is 6.54. The molecule has 134 valence electrons. The lowest BCUT2D eigenvalue weighted by Gasteiger charge is -2.11. The van der Waals surface area contributed by atoms with Crippen LogP contribution in [0.1, 0.15) is 0 Å². The number of nitrogens with zero attached hydrogens (tertiary/aromatic N) is 2. The van der Waals surface area contributed by atoms with Crippen molar-refractivity contribution in [2.45, 2.75) is 0 Å². The van der Waals surface area contributed by atoms with Gasteiger partial charge in [0.2, 0.25) is 0 Å². The van der Waals surface area contributed by atoms with Gasteiger partial charge >= 0.3 is 0 Å². The molecule has 0 fully saturated rings. The third-order valence-electron chi connectivity index (χ3n) is 4.81. The number of nitrogens with one attached hydrogen (secondary N) is 1. The van der Waals surface area contributed by atoms with Crippen molar-refractivity contribution in [2.24, 2.45) is 0 Å². The molecule has 1 N–H and O–H groups in total. The molecule has 0 radical (unpaired) electrons. The lowest BCUT2D eigenvalue weighted by molar-refractivity contribution is 0.631. The molecule has 0 saturated carbocycles. The lowest BCUT2D eigenvalue weighted by atomic mass is 9.96. The molecular weight excluding hydrogens is 349 g/mol. The summed E-state index contributed by atoms with van der Waals surface area (Å²) in [6, 6.07) is 28.7. The standard InChI is InChI=1S/C24H16FN3/c25-21-19(16-10-4-1-5-11-16)20-22(17-12-6-2-7-13-17)27-28-24(20)26-23(21)18-14-8-3-9-15-18/h1-15H,(H,26,27,28). The van der Waals surface area contributed by atoms with Crippen LogP contribution >= 0.6 is 0 Å². The summed E-state index contributed by atoms with van der Waals surface area (Å²) in [6.07, 6.45) is 0. The Kier molecular flexibility index (Phi) is 3.95. The van der Waals surface area contributed by atoms with Gasteiger partial charge in [0.25, 0.3) is 0 Å². The van der Waals surface area contributed by atoms with E-state index in [2.05, 4.69) is 15.2 Å². The Morgan fingerprint density at radius 1 is 0.643 bits per heavy atom. The van der Waals surface area contributed by atoms with Crippen LogP contribution in [-0.4, -0.2) is 15.2 Å². The molecule has 0 aliphatic rings. The number of halogens is 1. The van der Waals surface area contributed by atoms with Crippen molar-refractivity contribution in [2.75, 3.05) is 0 Å². The molecule has 0 aliphatic carbocycles. The fourth-order valence-electron chi connectivity index (χ4n) is 3.51. The van der Waals surface area contributed by atoms with Crippen LogP contribution in [-0.2, 0) is 0 Å². The van der Waals surface area contributed by atoms with E-state index in [0.29, 0.717) is 22.3 Å². The molecule has 2 aromatic heterocycles. The highest BCUT2D eigenvalue weighted by Gasteiger charge is 2.22. The molecule has 0 saturated heterocycles. The summed E-state index contributed by atoms with van der Waals surface area (Å²) in [4.78, 5) is 4.56. The summed E-state index contributed by atoms with van der Waals surface area (Å²) in [7, 11) is 0. The van der Waals surface area contributed by atoms with Gasteiger partial charge in [0.1, 0.15) is 5.69 Å². The number of fused-ring (bicyclic) bond motifs is 1. The zero-order chi connectivity index (χ0) is 18.9. The molecule has 0 unspecified atom stereocenters. The first-order valence-electron chi connectivity index (χ1n) is 9.07. The van der Waals surface area contributed by atoms with Crippen molar-refractivity contribution in [3.05, 3.63) is 96.8 Å². The molecule has 5 rings (SSSR count). The highest BCUT2D eigenvalue weighted by atomic mass is 19.1. The van der Waals surface area contributed by atoms with E-state index < -0.39 is 0 Å². The van der Waals surface area contributed by atoms with E-state index in [1.165, 1.54) is 0 Å². The second kappa shape index (κ2) is 6.74. The second-order valence-corrected chi connectivity index (χ2v) is 6.54. The first-order chi connectivity index (χ1) is 13.8. The van der Waals surface area contributed by atoms with E-state index in [-0.39, 0.29) is 5.82 Å². The van der Waals surface area contributed by atoms with Crippen LogP contribution in [0.4, 0.5) is 4.39 Å². The summed E-state index contributed by atoms with van der Waals surface area (Å²) in [6.45, 7) is 0. The van der Waals surface area contributed by atoms with Gasteiger partial charge in [-0.3, -0.25) is 5.10 Å². The van der Waals surface area contributed by atoms with E-state index in [4.69, 9.17) is 0 Å². The Morgan fingerprint density at radius 3 is 1.79 bits per heavy atom. The van der Waals surface area contributed by atoms with Crippen LogP contribution in [0.2, 0.25) is 0 Å². The molecule has 28 heavy (non-hydrogen) atoms. The van der Waals surface area contributed by atoms with Gasteiger partial charge in [-0.25, -0.2) is 9.37 Å². The minimum absolute atomic E-state index is 0.304. The largest absolute Gasteiger partial charge is 0.275 e. The number of hydrogen-bond acceptors (Lipinski definition) is 2. The van der Waals surface area contributed by atoms with Gasteiger partial charge in [-0.05, 0) is 5.56 Å². The fraction of sp³-hybridized carbons (Fsp3) is 0. The maximum atomic E-state index is 15.8. The van der Waals surface area contributed by atoms with Gasteiger partial charge < -0.3 is 0 Å². The maximum absolute atomic E-state index is 15.8. The van der Waals surface area contributed by atoms with Crippen molar-refractivity contribution in [3.63, 3.8) is 0 Å². The molecule has 0 amide bonds. The van der Waals surface area contributed by atoms with E-state index in [1.807, 2.05) is 91.0 Å². The number of pyridine rings is 1. The first-order valence-corrected chi connectivity index (χ1v) is 9.07. The van der Waals surface area contributed by atoms with Crippen molar-refractivity contribution in [3.8, 4) is 33.6 Å². The molecule has 0 aliphatic heterocycles. The van der Waals surface area contributed by atoms with Crippen molar-refractivity contribution in [1.29, 1.82) is 0 Å². The number of rotatable bonds is 3. The predicted octanol–water partition coefficient (Wildman–Crippen LogP) is 6.10. The van der Waals surface area contributed by atoms with Crippen LogP contribution in [0, 0.1) is 5.82 Å². The van der Waals surface area contributed by atoms with Gasteiger partial charge in [-0.15, -0.1) is 0 Å². The van der Waals surface area contributed by atoms with Gasteiger partial charge in [-0.2, -0.15) is 5.10 Å². The lowest BCUT2D eigenvalue weighted by Crippen LogP contribution is -1.96. The summed E-state index contributed by atoms with van der Waals surface area (Å²) < 4.78 is 15.8. The van der Waals surface area contributed by atoms with E-state index in [0.717, 1.165) is 22.4 Å².